The van der Waals surface area contributed by atoms with Crippen LogP contribution in [0, 0.1) is 30.6 Å². The molecule has 2 fully saturated rings. The molecule has 1 aliphatic heterocycles. The van der Waals surface area contributed by atoms with Crippen molar-refractivity contribution >= 4 is 28.8 Å². The molecule has 1 aromatic heterocycles. The summed E-state index contributed by atoms with van der Waals surface area (Å²) in [6.07, 6.45) is 1.76. The third kappa shape index (κ3) is 3.70. The lowest BCUT2D eigenvalue weighted by atomic mass is 9.96. The van der Waals surface area contributed by atoms with E-state index in [-0.39, 0.29) is 40.2 Å². The average Bonchev–Trinajstić information content (AvgIpc) is 3.08. The highest BCUT2D eigenvalue weighted by Crippen LogP contribution is 2.68. The van der Waals surface area contributed by atoms with Crippen LogP contribution < -0.4 is 5.32 Å². The van der Waals surface area contributed by atoms with Gasteiger partial charge in [0.1, 0.15) is 11.4 Å². The number of hydrogen-bond acceptors (Lipinski definition) is 5. The van der Waals surface area contributed by atoms with Crippen LogP contribution in [0.4, 0.5) is 5.69 Å². The predicted molar refractivity (Wildman–Crippen MR) is 127 cm³/mol. The normalized spacial score (nSPS) is 20.2. The molecule has 2 aliphatic rings. The number of nitrogens with zero attached hydrogens (tertiary/aromatic N) is 2. The summed E-state index contributed by atoms with van der Waals surface area (Å²) in [4.78, 5) is 32.4. The second kappa shape index (κ2) is 7.87. The number of hydrogen-bond donors (Lipinski definition) is 2. The van der Waals surface area contributed by atoms with Crippen LogP contribution in [0.15, 0.2) is 17.5 Å². The van der Waals surface area contributed by atoms with Gasteiger partial charge in [0.2, 0.25) is 5.91 Å². The fourth-order valence-electron chi connectivity index (χ4n) is 5.05. The van der Waals surface area contributed by atoms with Gasteiger partial charge in [0.05, 0.1) is 5.01 Å². The van der Waals surface area contributed by atoms with Crippen molar-refractivity contribution in [2.75, 3.05) is 18.4 Å². The second-order valence-electron chi connectivity index (χ2n) is 10.4. The molecule has 0 unspecified atom stereocenters. The van der Waals surface area contributed by atoms with E-state index in [0.29, 0.717) is 11.4 Å². The molecular weight excluding hydrogens is 422 g/mol. The number of nitrogens with one attached hydrogen (secondary N) is 1. The molecule has 0 atom stereocenters. The van der Waals surface area contributed by atoms with Crippen molar-refractivity contribution < 1.29 is 14.7 Å². The molecule has 0 bridgehead atoms. The van der Waals surface area contributed by atoms with E-state index in [0.717, 1.165) is 42.1 Å². The minimum Gasteiger partial charge on any atom is -0.508 e. The Kier molecular flexibility index (Phi) is 5.60. The minimum atomic E-state index is -0.244. The van der Waals surface area contributed by atoms with Crippen LogP contribution in [0.25, 0.3) is 0 Å². The average molecular weight is 456 g/mol. The number of thiazole rings is 1. The zero-order valence-corrected chi connectivity index (χ0v) is 20.6. The minimum absolute atomic E-state index is 0.0624. The Morgan fingerprint density at radius 3 is 2.31 bits per heavy atom. The van der Waals surface area contributed by atoms with Crippen molar-refractivity contribution in [1.82, 2.24) is 9.88 Å². The Morgan fingerprint density at radius 1 is 1.09 bits per heavy atom. The standard InChI is InChI=1S/C25H33N3O3S/c1-14-15(2)19(29)8-7-17(14)26-21(30)18-13-32-22(27-18)16-9-11-28(12-10-16)23(31)20-24(3,4)25(20,5)6/h7-8,13,16,20,29H,9-12H2,1-6H3,(H,26,30). The van der Waals surface area contributed by atoms with Gasteiger partial charge in [-0.1, -0.05) is 27.7 Å². The third-order valence-electron chi connectivity index (χ3n) is 8.18. The lowest BCUT2D eigenvalue weighted by Crippen LogP contribution is -2.39. The van der Waals surface area contributed by atoms with Crippen molar-refractivity contribution in [2.45, 2.75) is 60.3 Å². The van der Waals surface area contributed by atoms with E-state index < -0.39 is 0 Å². The number of likely N-dealkylation sites (tertiary alicyclic amines) is 1. The van der Waals surface area contributed by atoms with Gasteiger partial charge in [-0.05, 0) is 60.8 Å². The van der Waals surface area contributed by atoms with Crippen molar-refractivity contribution in [3.8, 4) is 5.75 Å². The maximum Gasteiger partial charge on any atom is 0.275 e. The first kappa shape index (κ1) is 22.8. The number of benzene rings is 1. The SMILES string of the molecule is Cc1c(O)ccc(NC(=O)c2csc(C3CCN(C(=O)C4C(C)(C)C4(C)C)CC3)n2)c1C. The molecule has 1 aliphatic carbocycles. The van der Waals surface area contributed by atoms with Gasteiger partial charge in [0, 0.05) is 36.0 Å². The molecular formula is C25H33N3O3S. The first-order chi connectivity index (χ1) is 14.9. The van der Waals surface area contributed by atoms with E-state index in [2.05, 4.69) is 38.0 Å². The molecule has 2 heterocycles. The van der Waals surface area contributed by atoms with Crippen LogP contribution in [-0.4, -0.2) is 39.9 Å². The molecule has 172 valence electrons. The van der Waals surface area contributed by atoms with Crippen LogP contribution in [0.1, 0.15) is 73.1 Å². The number of anilines is 1. The molecule has 7 heteroatoms. The van der Waals surface area contributed by atoms with Crippen molar-refractivity contribution in [3.63, 3.8) is 0 Å². The van der Waals surface area contributed by atoms with Crippen LogP contribution >= 0.6 is 11.3 Å². The van der Waals surface area contributed by atoms with Gasteiger partial charge < -0.3 is 15.3 Å². The maximum atomic E-state index is 13.0. The number of phenols is 1. The number of phenolic OH excluding ortho intramolecular Hbond substituents is 1. The molecule has 6 nitrogen and oxygen atoms in total. The number of aromatic nitrogens is 1. The lowest BCUT2D eigenvalue weighted by molar-refractivity contribution is -0.134. The molecule has 1 saturated carbocycles. The quantitative estimate of drug-likeness (QED) is 0.628. The number of rotatable bonds is 4. The molecule has 0 radical (unpaired) electrons. The highest BCUT2D eigenvalue weighted by molar-refractivity contribution is 7.10. The fraction of sp³-hybridized carbons (Fsp3) is 0.560. The molecule has 2 N–H and O–H groups in total. The number of piperidine rings is 1. The molecule has 4 rings (SSSR count). The second-order valence-corrected chi connectivity index (χ2v) is 11.3. The number of aromatic hydroxyl groups is 1. The summed E-state index contributed by atoms with van der Waals surface area (Å²) in [5.41, 5.74) is 2.81. The Balaban J connectivity index is 1.36. The lowest BCUT2D eigenvalue weighted by Gasteiger charge is -2.31. The van der Waals surface area contributed by atoms with E-state index in [4.69, 9.17) is 0 Å². The summed E-state index contributed by atoms with van der Waals surface area (Å²) in [6.45, 7) is 13.9. The smallest absolute Gasteiger partial charge is 0.275 e. The van der Waals surface area contributed by atoms with Gasteiger partial charge in [0.25, 0.3) is 5.91 Å². The van der Waals surface area contributed by atoms with Crippen molar-refractivity contribution in [3.05, 3.63) is 39.3 Å². The van der Waals surface area contributed by atoms with E-state index in [1.165, 1.54) is 11.3 Å². The van der Waals surface area contributed by atoms with Gasteiger partial charge >= 0.3 is 0 Å². The van der Waals surface area contributed by atoms with Crippen LogP contribution in [-0.2, 0) is 4.79 Å². The van der Waals surface area contributed by atoms with Crippen molar-refractivity contribution in [1.29, 1.82) is 0 Å². The highest BCUT2D eigenvalue weighted by atomic mass is 32.1. The number of carbonyl (C=O) groups excluding carboxylic acids is 2. The summed E-state index contributed by atoms with van der Waals surface area (Å²) in [5.74, 6) is 0.649. The first-order valence-electron chi connectivity index (χ1n) is 11.3. The maximum absolute atomic E-state index is 13.0. The van der Waals surface area contributed by atoms with Gasteiger partial charge in [0.15, 0.2) is 0 Å². The van der Waals surface area contributed by atoms with Gasteiger partial charge in [-0.25, -0.2) is 4.98 Å². The Labute approximate surface area is 194 Å². The van der Waals surface area contributed by atoms with E-state index in [1.54, 1.807) is 17.5 Å². The van der Waals surface area contributed by atoms with E-state index in [9.17, 15) is 14.7 Å². The van der Waals surface area contributed by atoms with E-state index >= 15 is 0 Å². The Hall–Kier alpha value is -2.41. The van der Waals surface area contributed by atoms with Crippen LogP contribution in [0.3, 0.4) is 0 Å². The summed E-state index contributed by atoms with van der Waals surface area (Å²) in [5, 5.41) is 15.5. The van der Waals surface area contributed by atoms with E-state index in [1.807, 2.05) is 18.7 Å². The summed E-state index contributed by atoms with van der Waals surface area (Å²) in [6, 6.07) is 3.29. The Morgan fingerprint density at radius 2 is 1.72 bits per heavy atom. The van der Waals surface area contributed by atoms with Gasteiger partial charge in [-0.3, -0.25) is 9.59 Å². The van der Waals surface area contributed by atoms with Crippen molar-refractivity contribution in [2.24, 2.45) is 16.7 Å². The molecule has 2 aromatic rings. The zero-order valence-electron chi connectivity index (χ0n) is 19.8. The summed E-state index contributed by atoms with van der Waals surface area (Å²) >= 11 is 1.52. The summed E-state index contributed by atoms with van der Waals surface area (Å²) < 4.78 is 0. The summed E-state index contributed by atoms with van der Waals surface area (Å²) in [7, 11) is 0. The molecule has 2 amide bonds. The number of carbonyl (C=O) groups is 2. The van der Waals surface area contributed by atoms with Crippen LogP contribution in [0.5, 0.6) is 5.75 Å². The Bertz CT molecular complexity index is 1050. The largest absolute Gasteiger partial charge is 0.508 e. The molecule has 1 aromatic carbocycles. The van der Waals surface area contributed by atoms with Gasteiger partial charge in [-0.2, -0.15) is 0 Å². The van der Waals surface area contributed by atoms with Gasteiger partial charge in [-0.15, -0.1) is 11.3 Å². The monoisotopic (exact) mass is 455 g/mol. The molecule has 0 spiro atoms. The molecule has 1 saturated heterocycles. The zero-order chi connectivity index (χ0) is 23.4. The predicted octanol–water partition coefficient (Wildman–Crippen LogP) is 5.11. The first-order valence-corrected chi connectivity index (χ1v) is 12.2. The third-order valence-corrected chi connectivity index (χ3v) is 9.19. The molecule has 32 heavy (non-hydrogen) atoms. The highest BCUT2D eigenvalue weighted by Gasteiger charge is 2.68. The topological polar surface area (TPSA) is 82.5 Å². The van der Waals surface area contributed by atoms with Crippen LogP contribution in [0.2, 0.25) is 0 Å². The fourth-order valence-corrected chi connectivity index (χ4v) is 6.02. The number of amides is 2.